The van der Waals surface area contributed by atoms with Gasteiger partial charge < -0.3 is 16.0 Å². The first-order valence-corrected chi connectivity index (χ1v) is 2.83. The second kappa shape index (κ2) is 2.06. The van der Waals surface area contributed by atoms with Gasteiger partial charge in [-0.1, -0.05) is 0 Å². The maximum Gasteiger partial charge on any atom is 0.267 e. The topological polar surface area (TPSA) is 74.0 Å². The van der Waals surface area contributed by atoms with E-state index < -0.39 is 5.91 Å². The summed E-state index contributed by atoms with van der Waals surface area (Å²) >= 11 is 0. The van der Waals surface area contributed by atoms with Gasteiger partial charge in [-0.3, -0.25) is 4.79 Å². The molecule has 1 heterocycles. The van der Waals surface area contributed by atoms with Gasteiger partial charge in [0.1, 0.15) is 5.69 Å². The molecule has 0 saturated heterocycles. The fraction of sp³-hybridized carbons (Fsp3) is 0.167. The normalized spacial score (nSPS) is 9.70. The van der Waals surface area contributed by atoms with Crippen molar-refractivity contribution in [3.05, 3.63) is 18.0 Å². The fourth-order valence-corrected chi connectivity index (χ4v) is 0.865. The van der Waals surface area contributed by atoms with Gasteiger partial charge in [-0.15, -0.1) is 0 Å². The highest BCUT2D eigenvalue weighted by Crippen LogP contribution is 2.09. The molecule has 0 aliphatic carbocycles. The average Bonchev–Trinajstić information content (AvgIpc) is 2.11. The van der Waals surface area contributed by atoms with E-state index in [-0.39, 0.29) is 0 Å². The first-order valence-electron chi connectivity index (χ1n) is 2.83. The van der Waals surface area contributed by atoms with Crippen LogP contribution in [0.1, 0.15) is 10.5 Å². The van der Waals surface area contributed by atoms with Crippen LogP contribution in [0.3, 0.4) is 0 Å². The molecule has 0 radical (unpaired) electrons. The summed E-state index contributed by atoms with van der Waals surface area (Å²) in [6, 6.07) is 1.64. The van der Waals surface area contributed by atoms with Crippen molar-refractivity contribution in [2.45, 2.75) is 0 Å². The van der Waals surface area contributed by atoms with Crippen molar-refractivity contribution in [2.75, 3.05) is 5.73 Å². The zero-order valence-electron chi connectivity index (χ0n) is 5.66. The second-order valence-electron chi connectivity index (χ2n) is 2.09. The van der Waals surface area contributed by atoms with Crippen LogP contribution in [0.4, 0.5) is 5.69 Å². The lowest BCUT2D eigenvalue weighted by Gasteiger charge is -1.97. The van der Waals surface area contributed by atoms with E-state index in [1.54, 1.807) is 23.9 Å². The molecule has 4 heteroatoms. The van der Waals surface area contributed by atoms with Crippen molar-refractivity contribution < 1.29 is 4.79 Å². The minimum Gasteiger partial charge on any atom is -0.397 e. The van der Waals surface area contributed by atoms with E-state index in [0.29, 0.717) is 11.4 Å². The van der Waals surface area contributed by atoms with Gasteiger partial charge in [0, 0.05) is 13.2 Å². The standard InChI is InChI=1S/C6H9N3O/c1-9-3-2-4(7)5(9)6(8)10/h2-3H,7H2,1H3,(H2,8,10). The van der Waals surface area contributed by atoms with Crippen LogP contribution in [0.5, 0.6) is 0 Å². The number of carbonyl (C=O) groups excluding carboxylic acids is 1. The van der Waals surface area contributed by atoms with Gasteiger partial charge in [-0.2, -0.15) is 0 Å². The summed E-state index contributed by atoms with van der Waals surface area (Å²) < 4.78 is 1.59. The van der Waals surface area contributed by atoms with Crippen molar-refractivity contribution in [3.63, 3.8) is 0 Å². The molecule has 4 nitrogen and oxygen atoms in total. The Morgan fingerprint density at radius 2 is 2.30 bits per heavy atom. The number of nitrogen functional groups attached to an aromatic ring is 1. The molecule has 54 valence electrons. The zero-order valence-corrected chi connectivity index (χ0v) is 5.66. The fourth-order valence-electron chi connectivity index (χ4n) is 0.865. The third kappa shape index (κ3) is 0.834. The van der Waals surface area contributed by atoms with Gasteiger partial charge in [0.05, 0.1) is 5.69 Å². The van der Waals surface area contributed by atoms with Crippen LogP contribution < -0.4 is 11.5 Å². The van der Waals surface area contributed by atoms with Gasteiger partial charge in [-0.05, 0) is 6.07 Å². The van der Waals surface area contributed by atoms with E-state index in [1.165, 1.54) is 0 Å². The number of anilines is 1. The van der Waals surface area contributed by atoms with Crippen LogP contribution in [0, 0.1) is 0 Å². The van der Waals surface area contributed by atoms with Crippen LogP contribution in [0.2, 0.25) is 0 Å². The largest absolute Gasteiger partial charge is 0.397 e. The maximum absolute atomic E-state index is 10.6. The summed E-state index contributed by atoms with van der Waals surface area (Å²) in [7, 11) is 1.72. The Kier molecular flexibility index (Phi) is 1.37. The number of aromatic nitrogens is 1. The third-order valence-electron chi connectivity index (χ3n) is 1.34. The van der Waals surface area contributed by atoms with Gasteiger partial charge in [0.2, 0.25) is 0 Å². The lowest BCUT2D eigenvalue weighted by molar-refractivity contribution is 0.0993. The molecule has 0 aliphatic rings. The number of rotatable bonds is 1. The Hall–Kier alpha value is -1.45. The minimum absolute atomic E-state index is 0.361. The number of hydrogen-bond donors (Lipinski definition) is 2. The number of nitrogens with two attached hydrogens (primary N) is 2. The van der Waals surface area contributed by atoms with E-state index in [0.717, 1.165) is 0 Å². The Bertz CT molecular complexity index is 244. The highest BCUT2D eigenvalue weighted by molar-refractivity contribution is 5.96. The number of hydrogen-bond acceptors (Lipinski definition) is 2. The summed E-state index contributed by atoms with van der Waals surface area (Å²) in [5.41, 5.74) is 11.2. The smallest absolute Gasteiger partial charge is 0.267 e. The molecular weight excluding hydrogens is 130 g/mol. The lowest BCUT2D eigenvalue weighted by Crippen LogP contribution is -2.16. The monoisotopic (exact) mass is 139 g/mol. The Morgan fingerprint density at radius 3 is 2.50 bits per heavy atom. The van der Waals surface area contributed by atoms with Gasteiger partial charge in [0.15, 0.2) is 0 Å². The maximum atomic E-state index is 10.6. The van der Waals surface area contributed by atoms with Crippen molar-refractivity contribution in [1.82, 2.24) is 4.57 Å². The lowest BCUT2D eigenvalue weighted by atomic mass is 10.3. The van der Waals surface area contributed by atoms with Crippen molar-refractivity contribution in [1.29, 1.82) is 0 Å². The number of nitrogens with zero attached hydrogens (tertiary/aromatic N) is 1. The Morgan fingerprint density at radius 1 is 1.70 bits per heavy atom. The Balaban J connectivity index is 3.23. The quantitative estimate of drug-likeness (QED) is 0.560. The van der Waals surface area contributed by atoms with Crippen LogP contribution in [0.25, 0.3) is 0 Å². The van der Waals surface area contributed by atoms with Gasteiger partial charge >= 0.3 is 0 Å². The number of carbonyl (C=O) groups is 1. The van der Waals surface area contributed by atoms with Crippen molar-refractivity contribution in [3.8, 4) is 0 Å². The van der Waals surface area contributed by atoms with Gasteiger partial charge in [-0.25, -0.2) is 0 Å². The molecule has 0 bridgehead atoms. The predicted octanol–water partition coefficient (Wildman–Crippen LogP) is -0.294. The molecule has 1 rings (SSSR count). The van der Waals surface area contributed by atoms with Crippen LogP contribution >= 0.6 is 0 Å². The van der Waals surface area contributed by atoms with E-state index in [2.05, 4.69) is 0 Å². The molecular formula is C6H9N3O. The number of primary amides is 1. The SMILES string of the molecule is Cn1ccc(N)c1C(N)=O. The molecule has 1 aromatic heterocycles. The van der Waals surface area contributed by atoms with Gasteiger partial charge in [0.25, 0.3) is 5.91 Å². The van der Waals surface area contributed by atoms with Crippen LogP contribution in [-0.4, -0.2) is 10.5 Å². The van der Waals surface area contributed by atoms with Crippen molar-refractivity contribution >= 4 is 11.6 Å². The molecule has 0 atom stereocenters. The molecule has 0 aliphatic heterocycles. The molecule has 4 N–H and O–H groups in total. The van der Waals surface area contributed by atoms with E-state index in [1.807, 2.05) is 0 Å². The molecule has 0 spiro atoms. The molecule has 0 fully saturated rings. The summed E-state index contributed by atoms with van der Waals surface area (Å²) in [5.74, 6) is -0.495. The highest BCUT2D eigenvalue weighted by atomic mass is 16.1. The molecule has 0 unspecified atom stereocenters. The van der Waals surface area contributed by atoms with Crippen LogP contribution in [-0.2, 0) is 7.05 Å². The highest BCUT2D eigenvalue weighted by Gasteiger charge is 2.08. The average molecular weight is 139 g/mol. The number of amides is 1. The molecule has 10 heavy (non-hydrogen) atoms. The third-order valence-corrected chi connectivity index (χ3v) is 1.34. The summed E-state index contributed by atoms with van der Waals surface area (Å²) in [6.07, 6.45) is 1.69. The molecule has 1 amide bonds. The number of aryl methyl sites for hydroxylation is 1. The summed E-state index contributed by atoms with van der Waals surface area (Å²) in [6.45, 7) is 0. The van der Waals surface area contributed by atoms with Crippen LogP contribution in [0.15, 0.2) is 12.3 Å². The first kappa shape index (κ1) is 6.67. The minimum atomic E-state index is -0.495. The molecule has 0 aromatic carbocycles. The summed E-state index contributed by atoms with van der Waals surface area (Å²) in [5, 5.41) is 0. The molecule has 1 aromatic rings. The summed E-state index contributed by atoms with van der Waals surface area (Å²) in [4.78, 5) is 10.6. The first-order chi connectivity index (χ1) is 4.63. The Labute approximate surface area is 58.4 Å². The van der Waals surface area contributed by atoms with E-state index >= 15 is 0 Å². The van der Waals surface area contributed by atoms with E-state index in [4.69, 9.17) is 11.5 Å². The zero-order chi connectivity index (χ0) is 7.72. The van der Waals surface area contributed by atoms with E-state index in [9.17, 15) is 4.79 Å². The predicted molar refractivity (Wildman–Crippen MR) is 38.3 cm³/mol. The van der Waals surface area contributed by atoms with Crippen molar-refractivity contribution in [2.24, 2.45) is 12.8 Å². The molecule has 0 saturated carbocycles. The second-order valence-corrected chi connectivity index (χ2v) is 2.09.